The van der Waals surface area contributed by atoms with Crippen LogP contribution in [0.3, 0.4) is 0 Å². The molecule has 1 aliphatic heterocycles. The Hall–Kier alpha value is -3.57. The molecule has 0 bridgehead atoms. The number of aliphatic hydroxyl groups excluding tert-OH is 2. The van der Waals surface area contributed by atoms with Crippen molar-refractivity contribution in [3.05, 3.63) is 98.5 Å². The first-order chi connectivity index (χ1) is 20.3. The van der Waals surface area contributed by atoms with Gasteiger partial charge in [0.2, 0.25) is 0 Å². The molecule has 224 valence electrons. The highest BCUT2D eigenvalue weighted by Crippen LogP contribution is 2.29. The maximum Gasteiger partial charge on any atom is 0.332 e. The molecule has 1 saturated heterocycles. The van der Waals surface area contributed by atoms with E-state index < -0.39 is 24.0 Å². The molecule has 42 heavy (non-hydrogen) atoms. The molecular weight excluding hydrogens is 532 g/mol. The minimum Gasteiger partial charge on any atom is -0.394 e. The lowest BCUT2D eigenvalue weighted by molar-refractivity contribution is 0.0809. The summed E-state index contributed by atoms with van der Waals surface area (Å²) >= 11 is 0. The molecule has 5 rings (SSSR count). The second-order valence-electron chi connectivity index (χ2n) is 11.6. The second-order valence-corrected chi connectivity index (χ2v) is 11.6. The molecule has 4 aromatic rings. The van der Waals surface area contributed by atoms with Gasteiger partial charge in [-0.3, -0.25) is 18.8 Å². The van der Waals surface area contributed by atoms with E-state index in [9.17, 15) is 19.8 Å². The minimum absolute atomic E-state index is 0.0288. The van der Waals surface area contributed by atoms with Gasteiger partial charge in [0.15, 0.2) is 11.2 Å². The number of hydrogen-bond acceptors (Lipinski definition) is 7. The zero-order chi connectivity index (χ0) is 29.8. The third-order valence-electron chi connectivity index (χ3n) is 8.12. The summed E-state index contributed by atoms with van der Waals surface area (Å²) in [4.78, 5) is 36.0. The average Bonchev–Trinajstić information content (AvgIpc) is 3.36. The Kier molecular flexibility index (Phi) is 9.37. The van der Waals surface area contributed by atoms with Gasteiger partial charge >= 0.3 is 5.69 Å². The number of hydrogen-bond donors (Lipinski definition) is 2. The Bertz CT molecular complexity index is 1550. The van der Waals surface area contributed by atoms with Gasteiger partial charge in [-0.1, -0.05) is 74.5 Å². The lowest BCUT2D eigenvalue weighted by Crippen LogP contribution is -2.48. The minimum atomic E-state index is -1.05. The first-order valence-corrected chi connectivity index (χ1v) is 14.8. The van der Waals surface area contributed by atoms with Crippen molar-refractivity contribution in [3.8, 4) is 0 Å². The third kappa shape index (κ3) is 6.27. The zero-order valence-corrected chi connectivity index (χ0v) is 24.8. The van der Waals surface area contributed by atoms with Crippen molar-refractivity contribution in [2.75, 3.05) is 39.3 Å². The maximum absolute atomic E-state index is 13.3. The SMILES string of the molecule is CC(C)Cn1c(=O)n(C)c(=O)c2c1nc(CCN1CCN(C(c3ccccc3)c3ccccc3)CC1)n2CC(O)CO. The van der Waals surface area contributed by atoms with E-state index in [1.165, 1.54) is 18.2 Å². The fraction of sp³-hybridized carbons (Fsp3) is 0.469. The molecule has 1 atom stereocenters. The number of nitrogens with zero attached hydrogens (tertiary/aromatic N) is 6. The van der Waals surface area contributed by atoms with Crippen LogP contribution < -0.4 is 11.2 Å². The summed E-state index contributed by atoms with van der Waals surface area (Å²) in [6, 6.07) is 21.4. The number of piperazine rings is 1. The van der Waals surface area contributed by atoms with Crippen LogP contribution in [0.15, 0.2) is 70.3 Å². The fourth-order valence-corrected chi connectivity index (χ4v) is 5.98. The van der Waals surface area contributed by atoms with Crippen LogP contribution >= 0.6 is 0 Å². The van der Waals surface area contributed by atoms with Gasteiger partial charge < -0.3 is 19.7 Å². The smallest absolute Gasteiger partial charge is 0.332 e. The molecule has 1 unspecified atom stereocenters. The summed E-state index contributed by atoms with van der Waals surface area (Å²) in [7, 11) is 1.47. The van der Waals surface area contributed by atoms with Gasteiger partial charge in [-0.25, -0.2) is 9.78 Å². The molecule has 2 aromatic carbocycles. The summed E-state index contributed by atoms with van der Waals surface area (Å²) in [5.74, 6) is 0.804. The number of rotatable bonds is 11. The first kappa shape index (κ1) is 29.9. The highest BCUT2D eigenvalue weighted by molar-refractivity contribution is 5.71. The Labute approximate surface area is 246 Å². The molecule has 0 aliphatic carbocycles. The molecule has 10 heteroatoms. The van der Waals surface area contributed by atoms with Crippen LogP contribution in [0.4, 0.5) is 0 Å². The van der Waals surface area contributed by atoms with Crippen LogP contribution in [0.5, 0.6) is 0 Å². The van der Waals surface area contributed by atoms with E-state index in [-0.39, 0.29) is 18.5 Å². The highest BCUT2D eigenvalue weighted by atomic mass is 16.3. The van der Waals surface area contributed by atoms with Crippen LogP contribution in [0, 0.1) is 5.92 Å². The second kappa shape index (κ2) is 13.2. The summed E-state index contributed by atoms with van der Waals surface area (Å²) < 4.78 is 4.36. The van der Waals surface area contributed by atoms with Crippen LogP contribution in [-0.2, 0) is 26.6 Å². The van der Waals surface area contributed by atoms with Crippen LogP contribution in [-0.4, -0.2) is 84.1 Å². The molecule has 2 aromatic heterocycles. The topological polar surface area (TPSA) is 109 Å². The van der Waals surface area contributed by atoms with Crippen molar-refractivity contribution < 1.29 is 10.2 Å². The van der Waals surface area contributed by atoms with Crippen LogP contribution in [0.25, 0.3) is 11.2 Å². The fourth-order valence-electron chi connectivity index (χ4n) is 5.98. The van der Waals surface area contributed by atoms with E-state index in [1.807, 2.05) is 26.0 Å². The van der Waals surface area contributed by atoms with Gasteiger partial charge in [-0.2, -0.15) is 0 Å². The van der Waals surface area contributed by atoms with Crippen molar-refractivity contribution in [1.82, 2.24) is 28.5 Å². The Morgan fingerprint density at radius 3 is 2.00 bits per heavy atom. The van der Waals surface area contributed by atoms with Gasteiger partial charge in [0.1, 0.15) is 5.82 Å². The molecule has 0 radical (unpaired) electrons. The quantitative estimate of drug-likeness (QED) is 0.282. The number of fused-ring (bicyclic) bond motifs is 1. The normalized spacial score (nSPS) is 15.7. The standard InChI is InChI=1S/C32H42N6O4/c1-23(2)20-38-30-29(31(41)34(3)32(38)42)37(21-26(40)22-39)27(33-30)14-15-35-16-18-36(19-17-35)28(24-10-6-4-7-11-24)25-12-8-5-9-13-25/h4-13,23,26,28,39-40H,14-22H2,1-3H3. The van der Waals surface area contributed by atoms with E-state index in [0.29, 0.717) is 30.0 Å². The summed E-state index contributed by atoms with van der Waals surface area (Å²) in [6.45, 7) is 8.35. The molecule has 0 spiro atoms. The Balaban J connectivity index is 1.37. The lowest BCUT2D eigenvalue weighted by atomic mass is 9.96. The summed E-state index contributed by atoms with van der Waals surface area (Å²) in [6.07, 6.45) is -0.500. The number of aromatic nitrogens is 4. The molecule has 3 heterocycles. The number of aliphatic hydroxyl groups is 2. The van der Waals surface area contributed by atoms with E-state index in [0.717, 1.165) is 37.3 Å². The Morgan fingerprint density at radius 1 is 0.857 bits per heavy atom. The molecule has 10 nitrogen and oxygen atoms in total. The predicted octanol–water partition coefficient (Wildman–Crippen LogP) is 1.86. The summed E-state index contributed by atoms with van der Waals surface area (Å²) in [5, 5.41) is 19.9. The van der Waals surface area contributed by atoms with Crippen LogP contribution in [0.2, 0.25) is 0 Å². The third-order valence-corrected chi connectivity index (χ3v) is 8.12. The molecule has 0 amide bonds. The van der Waals surface area contributed by atoms with Gasteiger partial charge in [-0.05, 0) is 17.0 Å². The Morgan fingerprint density at radius 2 is 1.45 bits per heavy atom. The van der Waals surface area contributed by atoms with Crippen molar-refractivity contribution >= 4 is 11.2 Å². The maximum atomic E-state index is 13.3. The van der Waals surface area contributed by atoms with Gasteiger partial charge in [0.25, 0.3) is 5.56 Å². The largest absolute Gasteiger partial charge is 0.394 e. The number of benzene rings is 2. The highest BCUT2D eigenvalue weighted by Gasteiger charge is 2.27. The van der Waals surface area contributed by atoms with Gasteiger partial charge in [-0.15, -0.1) is 0 Å². The van der Waals surface area contributed by atoms with Crippen molar-refractivity contribution in [1.29, 1.82) is 0 Å². The van der Waals surface area contributed by atoms with Gasteiger partial charge in [0.05, 0.1) is 25.3 Å². The first-order valence-electron chi connectivity index (χ1n) is 14.8. The van der Waals surface area contributed by atoms with Crippen molar-refractivity contribution in [2.45, 2.75) is 45.5 Å². The predicted molar refractivity (Wildman–Crippen MR) is 164 cm³/mol. The van der Waals surface area contributed by atoms with Crippen molar-refractivity contribution in [2.24, 2.45) is 13.0 Å². The lowest BCUT2D eigenvalue weighted by Gasteiger charge is -2.39. The number of imidazole rings is 1. The molecule has 1 aliphatic rings. The van der Waals surface area contributed by atoms with Crippen LogP contribution in [0.1, 0.15) is 36.8 Å². The van der Waals surface area contributed by atoms with E-state index in [2.05, 4.69) is 58.3 Å². The zero-order valence-electron chi connectivity index (χ0n) is 24.8. The van der Waals surface area contributed by atoms with E-state index >= 15 is 0 Å². The van der Waals surface area contributed by atoms with Crippen molar-refractivity contribution in [3.63, 3.8) is 0 Å². The monoisotopic (exact) mass is 574 g/mol. The molecular formula is C32H42N6O4. The molecule has 1 fully saturated rings. The average molecular weight is 575 g/mol. The summed E-state index contributed by atoms with van der Waals surface area (Å²) in [5.41, 5.74) is 2.35. The van der Waals surface area contributed by atoms with Gasteiger partial charge in [0, 0.05) is 52.7 Å². The van der Waals surface area contributed by atoms with E-state index in [1.54, 1.807) is 9.13 Å². The molecule has 0 saturated carbocycles. The van der Waals surface area contributed by atoms with E-state index in [4.69, 9.17) is 4.98 Å². The molecule has 2 N–H and O–H groups in total.